The Hall–Kier alpha value is -2.66. The molecule has 6 heteroatoms. The van der Waals surface area contributed by atoms with E-state index < -0.39 is 0 Å². The Morgan fingerprint density at radius 1 is 1.19 bits per heavy atom. The Bertz CT molecular complexity index is 907. The minimum absolute atomic E-state index is 0.0911. The number of ketones is 1. The van der Waals surface area contributed by atoms with Gasteiger partial charge >= 0.3 is 0 Å². The Balaban J connectivity index is 1.48. The van der Waals surface area contributed by atoms with Crippen molar-refractivity contribution < 1.29 is 9.21 Å². The zero-order valence-corrected chi connectivity index (χ0v) is 14.9. The fourth-order valence-electron chi connectivity index (χ4n) is 3.25. The number of benzene rings is 1. The monoisotopic (exact) mass is 367 g/mol. The average Bonchev–Trinajstić information content (AvgIpc) is 3.15. The first kappa shape index (κ1) is 16.8. The van der Waals surface area contributed by atoms with Crippen LogP contribution in [0.4, 0.5) is 5.95 Å². The molecule has 5 nitrogen and oxygen atoms in total. The van der Waals surface area contributed by atoms with E-state index in [1.807, 2.05) is 36.4 Å². The fourth-order valence-corrected chi connectivity index (χ4v) is 3.38. The van der Waals surface area contributed by atoms with E-state index in [0.29, 0.717) is 29.5 Å². The van der Waals surface area contributed by atoms with Crippen molar-refractivity contribution in [2.75, 3.05) is 11.9 Å². The first-order valence-corrected chi connectivity index (χ1v) is 8.97. The van der Waals surface area contributed by atoms with Crippen molar-refractivity contribution in [3.8, 4) is 0 Å². The van der Waals surface area contributed by atoms with Gasteiger partial charge in [-0.15, -0.1) is 0 Å². The number of furan rings is 1. The summed E-state index contributed by atoms with van der Waals surface area (Å²) in [6.45, 7) is 0.668. The van der Waals surface area contributed by atoms with Gasteiger partial charge in [0.15, 0.2) is 5.78 Å². The summed E-state index contributed by atoms with van der Waals surface area (Å²) in [5, 5.41) is 3.89. The molecule has 0 radical (unpaired) electrons. The average molecular weight is 368 g/mol. The summed E-state index contributed by atoms with van der Waals surface area (Å²) < 4.78 is 5.31. The summed E-state index contributed by atoms with van der Waals surface area (Å²) in [7, 11) is 0. The SMILES string of the molecule is O=C1C[C@@H](c2ccc(Cl)cc2)Cc2nc(NCCc3ccco3)ncc21. The summed E-state index contributed by atoms with van der Waals surface area (Å²) >= 11 is 5.96. The number of carbonyl (C=O) groups is 1. The van der Waals surface area contributed by atoms with Gasteiger partial charge in [-0.3, -0.25) is 4.79 Å². The van der Waals surface area contributed by atoms with Crippen LogP contribution in [0.2, 0.25) is 5.02 Å². The number of nitrogens with zero attached hydrogens (tertiary/aromatic N) is 2. The van der Waals surface area contributed by atoms with E-state index in [-0.39, 0.29) is 11.7 Å². The van der Waals surface area contributed by atoms with Gasteiger partial charge in [0.05, 0.1) is 17.5 Å². The third kappa shape index (κ3) is 3.63. The molecule has 26 heavy (non-hydrogen) atoms. The Morgan fingerprint density at radius 3 is 2.81 bits per heavy atom. The van der Waals surface area contributed by atoms with Crippen LogP contribution in [0, 0.1) is 0 Å². The highest BCUT2D eigenvalue weighted by Gasteiger charge is 2.28. The maximum Gasteiger partial charge on any atom is 0.222 e. The maximum absolute atomic E-state index is 12.5. The van der Waals surface area contributed by atoms with Crippen LogP contribution in [0.25, 0.3) is 0 Å². The van der Waals surface area contributed by atoms with Crippen LogP contribution < -0.4 is 5.32 Å². The molecule has 1 aromatic carbocycles. The molecule has 4 rings (SSSR count). The molecule has 0 unspecified atom stereocenters. The number of rotatable bonds is 5. The lowest BCUT2D eigenvalue weighted by molar-refractivity contribution is 0.0962. The molecule has 1 aliphatic carbocycles. The van der Waals surface area contributed by atoms with E-state index in [4.69, 9.17) is 16.0 Å². The highest BCUT2D eigenvalue weighted by atomic mass is 35.5. The lowest BCUT2D eigenvalue weighted by Gasteiger charge is -2.23. The molecule has 0 amide bonds. The van der Waals surface area contributed by atoms with Gasteiger partial charge in [0.2, 0.25) is 5.95 Å². The zero-order chi connectivity index (χ0) is 17.9. The molecule has 0 aliphatic heterocycles. The third-order valence-electron chi connectivity index (χ3n) is 4.62. The minimum atomic E-state index is 0.0911. The summed E-state index contributed by atoms with van der Waals surface area (Å²) in [5.41, 5.74) is 2.54. The van der Waals surface area contributed by atoms with Gasteiger partial charge in [0.25, 0.3) is 0 Å². The topological polar surface area (TPSA) is 68.0 Å². The molecule has 3 aromatic rings. The van der Waals surface area contributed by atoms with E-state index in [9.17, 15) is 4.79 Å². The van der Waals surface area contributed by atoms with E-state index in [2.05, 4.69) is 15.3 Å². The van der Waals surface area contributed by atoms with Crippen molar-refractivity contribution in [2.45, 2.75) is 25.2 Å². The molecular formula is C20H18ClN3O2. The number of aromatic nitrogens is 2. The first-order valence-electron chi connectivity index (χ1n) is 8.60. The molecular weight excluding hydrogens is 350 g/mol. The molecule has 0 saturated heterocycles. The second kappa shape index (κ2) is 7.30. The summed E-state index contributed by atoms with van der Waals surface area (Å²) in [4.78, 5) is 21.3. The lowest BCUT2D eigenvalue weighted by Crippen LogP contribution is -2.21. The van der Waals surface area contributed by atoms with E-state index >= 15 is 0 Å². The zero-order valence-electron chi connectivity index (χ0n) is 14.1. The molecule has 0 bridgehead atoms. The van der Waals surface area contributed by atoms with Crippen molar-refractivity contribution >= 4 is 23.3 Å². The number of Topliss-reactive ketones (excluding diaryl/α,β-unsaturated/α-hetero) is 1. The standard InChI is InChI=1S/C20H18ClN3O2/c21-15-5-3-13(4-6-15)14-10-18-17(19(25)11-14)12-23-20(24-18)22-8-7-16-2-1-9-26-16/h1-6,9,12,14H,7-8,10-11H2,(H,22,23,24)/t14-/m0/s1. The van der Waals surface area contributed by atoms with Gasteiger partial charge in [-0.05, 0) is 42.2 Å². The molecule has 2 aromatic heterocycles. The van der Waals surface area contributed by atoms with E-state index in [1.165, 1.54) is 0 Å². The Labute approximate surface area is 156 Å². The number of carbonyl (C=O) groups excluding carboxylic acids is 1. The molecule has 2 heterocycles. The van der Waals surface area contributed by atoms with Crippen LogP contribution in [0.15, 0.2) is 53.3 Å². The van der Waals surface area contributed by atoms with Crippen LogP contribution in [0.1, 0.15) is 39.7 Å². The summed E-state index contributed by atoms with van der Waals surface area (Å²) in [5.74, 6) is 1.67. The van der Waals surface area contributed by atoms with Crippen molar-refractivity contribution in [2.24, 2.45) is 0 Å². The Kier molecular flexibility index (Phi) is 4.71. The third-order valence-corrected chi connectivity index (χ3v) is 4.87. The van der Waals surface area contributed by atoms with Crippen molar-refractivity contribution in [1.82, 2.24) is 9.97 Å². The summed E-state index contributed by atoms with van der Waals surface area (Å²) in [6, 6.07) is 11.5. The first-order chi connectivity index (χ1) is 12.7. The number of nitrogens with one attached hydrogen (secondary N) is 1. The van der Waals surface area contributed by atoms with Gasteiger partial charge in [-0.2, -0.15) is 0 Å². The number of hydrogen-bond acceptors (Lipinski definition) is 5. The highest BCUT2D eigenvalue weighted by molar-refractivity contribution is 6.30. The van der Waals surface area contributed by atoms with Crippen molar-refractivity contribution in [3.05, 3.63) is 76.5 Å². The molecule has 132 valence electrons. The van der Waals surface area contributed by atoms with E-state index in [0.717, 1.165) is 29.9 Å². The van der Waals surface area contributed by atoms with Crippen LogP contribution in [-0.4, -0.2) is 22.3 Å². The fraction of sp³-hybridized carbons (Fsp3) is 0.250. The normalized spacial score (nSPS) is 16.3. The van der Waals surface area contributed by atoms with Gasteiger partial charge in [-0.25, -0.2) is 9.97 Å². The molecule has 1 aliphatic rings. The number of anilines is 1. The Morgan fingerprint density at radius 2 is 2.04 bits per heavy atom. The molecule has 1 atom stereocenters. The smallest absolute Gasteiger partial charge is 0.222 e. The second-order valence-electron chi connectivity index (χ2n) is 6.39. The van der Waals surface area contributed by atoms with Gasteiger partial charge < -0.3 is 9.73 Å². The predicted molar refractivity (Wildman–Crippen MR) is 99.8 cm³/mol. The molecule has 0 spiro atoms. The minimum Gasteiger partial charge on any atom is -0.469 e. The maximum atomic E-state index is 12.5. The predicted octanol–water partition coefficient (Wildman–Crippen LogP) is 4.29. The van der Waals surface area contributed by atoms with E-state index in [1.54, 1.807) is 12.5 Å². The molecule has 1 N–H and O–H groups in total. The van der Waals surface area contributed by atoms with Crippen LogP contribution in [0.5, 0.6) is 0 Å². The number of fused-ring (bicyclic) bond motifs is 1. The summed E-state index contributed by atoms with van der Waals surface area (Å²) in [6.07, 6.45) is 5.24. The van der Waals surface area contributed by atoms with Crippen LogP contribution in [-0.2, 0) is 12.8 Å². The molecule has 0 saturated carbocycles. The highest BCUT2D eigenvalue weighted by Crippen LogP contribution is 2.32. The number of hydrogen-bond donors (Lipinski definition) is 1. The molecule has 0 fully saturated rings. The van der Waals surface area contributed by atoms with Gasteiger partial charge in [0.1, 0.15) is 5.76 Å². The number of halogens is 1. The second-order valence-corrected chi connectivity index (χ2v) is 6.83. The van der Waals surface area contributed by atoms with Gasteiger partial charge in [0, 0.05) is 30.6 Å². The quantitative estimate of drug-likeness (QED) is 0.728. The van der Waals surface area contributed by atoms with Crippen LogP contribution in [0.3, 0.4) is 0 Å². The van der Waals surface area contributed by atoms with Crippen molar-refractivity contribution in [1.29, 1.82) is 0 Å². The lowest BCUT2D eigenvalue weighted by atomic mass is 9.82. The van der Waals surface area contributed by atoms with Gasteiger partial charge in [-0.1, -0.05) is 23.7 Å². The van der Waals surface area contributed by atoms with Crippen LogP contribution >= 0.6 is 11.6 Å². The van der Waals surface area contributed by atoms with Crippen molar-refractivity contribution in [3.63, 3.8) is 0 Å². The largest absolute Gasteiger partial charge is 0.469 e.